The van der Waals surface area contributed by atoms with Crippen molar-refractivity contribution in [2.24, 2.45) is 0 Å². The Morgan fingerprint density at radius 1 is 1.00 bits per heavy atom. The van der Waals surface area contributed by atoms with Gasteiger partial charge in [-0.3, -0.25) is 9.69 Å². The molecular weight excluding hydrogens is 384 g/mol. The zero-order valence-electron chi connectivity index (χ0n) is 17.2. The van der Waals surface area contributed by atoms with Crippen molar-refractivity contribution in [3.05, 3.63) is 54.1 Å². The Bertz CT molecular complexity index is 793. The monoisotopic (exact) mass is 414 g/mol. The Morgan fingerprint density at radius 2 is 1.72 bits per heavy atom. The summed E-state index contributed by atoms with van der Waals surface area (Å²) in [5, 5.41) is 11.9. The predicted octanol–water partition coefficient (Wildman–Crippen LogP) is 5.58. The van der Waals surface area contributed by atoms with Crippen LogP contribution in [-0.2, 0) is 11.2 Å². The molecule has 156 valence electrons. The number of urea groups is 1. The minimum atomic E-state index is -0.831. The number of rotatable bonds is 11. The third-order valence-corrected chi connectivity index (χ3v) is 5.43. The van der Waals surface area contributed by atoms with Gasteiger partial charge in [0.15, 0.2) is 0 Å². The van der Waals surface area contributed by atoms with Crippen LogP contribution in [0.25, 0.3) is 0 Å². The molecular formula is C23H30N2O3S. The van der Waals surface area contributed by atoms with Gasteiger partial charge in [0.05, 0.1) is 6.42 Å². The van der Waals surface area contributed by atoms with Gasteiger partial charge in [0, 0.05) is 28.6 Å². The molecule has 2 rings (SSSR count). The zero-order valence-corrected chi connectivity index (χ0v) is 18.0. The Morgan fingerprint density at radius 3 is 2.38 bits per heavy atom. The lowest BCUT2D eigenvalue weighted by Crippen LogP contribution is -2.41. The van der Waals surface area contributed by atoms with Gasteiger partial charge in [0.25, 0.3) is 0 Å². The zero-order chi connectivity index (χ0) is 21.1. The molecule has 2 aromatic rings. The van der Waals surface area contributed by atoms with Crippen LogP contribution in [-0.4, -0.2) is 30.2 Å². The molecule has 6 heteroatoms. The Hall–Kier alpha value is -2.47. The van der Waals surface area contributed by atoms with E-state index >= 15 is 0 Å². The van der Waals surface area contributed by atoms with Crippen LogP contribution >= 0.6 is 11.8 Å². The molecule has 0 unspecified atom stereocenters. The van der Waals surface area contributed by atoms with Crippen molar-refractivity contribution < 1.29 is 14.7 Å². The van der Waals surface area contributed by atoms with Crippen LogP contribution in [0.5, 0.6) is 0 Å². The molecule has 0 aliphatic heterocycles. The van der Waals surface area contributed by atoms with Crippen LogP contribution < -0.4 is 10.2 Å². The molecule has 0 aliphatic carbocycles. The number of amides is 2. The SMILES string of the molecule is CCCCNC(=O)N(CCCC)c1cccc(Sc2ccc(CC(=O)O)cc2)c1. The molecule has 0 saturated carbocycles. The van der Waals surface area contributed by atoms with Crippen molar-refractivity contribution in [3.8, 4) is 0 Å². The highest BCUT2D eigenvalue weighted by atomic mass is 32.2. The number of unbranched alkanes of at least 4 members (excludes halogenated alkanes) is 2. The first-order chi connectivity index (χ1) is 14.0. The summed E-state index contributed by atoms with van der Waals surface area (Å²) < 4.78 is 0. The van der Waals surface area contributed by atoms with Gasteiger partial charge in [-0.1, -0.05) is 56.7 Å². The number of carboxylic acids is 1. The average Bonchev–Trinajstić information content (AvgIpc) is 2.70. The second-order valence-electron chi connectivity index (χ2n) is 6.90. The first-order valence-corrected chi connectivity index (χ1v) is 11.0. The van der Waals surface area contributed by atoms with E-state index in [4.69, 9.17) is 5.11 Å². The van der Waals surface area contributed by atoms with Crippen LogP contribution in [0, 0.1) is 0 Å². The van der Waals surface area contributed by atoms with E-state index < -0.39 is 5.97 Å². The van der Waals surface area contributed by atoms with Gasteiger partial charge < -0.3 is 10.4 Å². The van der Waals surface area contributed by atoms with Crippen LogP contribution in [0.3, 0.4) is 0 Å². The number of carbonyl (C=O) groups excluding carboxylic acids is 1. The predicted molar refractivity (Wildman–Crippen MR) is 119 cm³/mol. The maximum absolute atomic E-state index is 12.7. The number of anilines is 1. The number of benzene rings is 2. The summed E-state index contributed by atoms with van der Waals surface area (Å²) in [4.78, 5) is 27.4. The van der Waals surface area contributed by atoms with Crippen LogP contribution in [0.15, 0.2) is 58.3 Å². The van der Waals surface area contributed by atoms with Gasteiger partial charge >= 0.3 is 12.0 Å². The average molecular weight is 415 g/mol. The van der Waals surface area contributed by atoms with E-state index in [0.717, 1.165) is 46.7 Å². The molecule has 0 bridgehead atoms. The smallest absolute Gasteiger partial charge is 0.321 e. The molecule has 0 aromatic heterocycles. The van der Waals surface area contributed by atoms with Gasteiger partial charge in [-0.05, 0) is 48.7 Å². The van der Waals surface area contributed by atoms with Crippen molar-refractivity contribution in [1.29, 1.82) is 0 Å². The lowest BCUT2D eigenvalue weighted by atomic mass is 10.2. The molecule has 5 nitrogen and oxygen atoms in total. The van der Waals surface area contributed by atoms with Crippen molar-refractivity contribution in [2.75, 3.05) is 18.0 Å². The molecule has 0 atom stereocenters. The molecule has 0 radical (unpaired) electrons. The topological polar surface area (TPSA) is 69.6 Å². The van der Waals surface area contributed by atoms with Gasteiger partial charge in [-0.2, -0.15) is 0 Å². The molecule has 2 amide bonds. The number of hydrogen-bond donors (Lipinski definition) is 2. The second-order valence-corrected chi connectivity index (χ2v) is 8.05. The summed E-state index contributed by atoms with van der Waals surface area (Å²) in [5.74, 6) is -0.831. The Kier molecular flexibility index (Phi) is 9.57. The van der Waals surface area contributed by atoms with Gasteiger partial charge in [-0.25, -0.2) is 4.79 Å². The number of nitrogens with zero attached hydrogens (tertiary/aromatic N) is 1. The highest BCUT2D eigenvalue weighted by molar-refractivity contribution is 7.99. The fourth-order valence-electron chi connectivity index (χ4n) is 2.83. The normalized spacial score (nSPS) is 10.6. The summed E-state index contributed by atoms with van der Waals surface area (Å²) in [7, 11) is 0. The molecule has 0 heterocycles. The van der Waals surface area contributed by atoms with Crippen molar-refractivity contribution in [3.63, 3.8) is 0 Å². The lowest BCUT2D eigenvalue weighted by molar-refractivity contribution is -0.136. The number of hydrogen-bond acceptors (Lipinski definition) is 3. The highest BCUT2D eigenvalue weighted by Gasteiger charge is 2.15. The van der Waals surface area contributed by atoms with E-state index in [1.807, 2.05) is 53.4 Å². The van der Waals surface area contributed by atoms with Crippen molar-refractivity contribution >= 4 is 29.4 Å². The maximum Gasteiger partial charge on any atom is 0.321 e. The Balaban J connectivity index is 2.11. The largest absolute Gasteiger partial charge is 0.481 e. The highest BCUT2D eigenvalue weighted by Crippen LogP contribution is 2.31. The number of carboxylic acid groups (broad SMARTS) is 1. The third-order valence-electron chi connectivity index (χ3n) is 4.43. The summed E-state index contributed by atoms with van der Waals surface area (Å²) in [6.45, 7) is 5.60. The van der Waals surface area contributed by atoms with E-state index in [2.05, 4.69) is 19.2 Å². The summed E-state index contributed by atoms with van der Waals surface area (Å²) in [6.07, 6.45) is 4.02. The number of carbonyl (C=O) groups is 2. The van der Waals surface area contributed by atoms with E-state index in [-0.39, 0.29) is 12.5 Å². The van der Waals surface area contributed by atoms with E-state index in [1.54, 1.807) is 11.8 Å². The maximum atomic E-state index is 12.7. The van der Waals surface area contributed by atoms with Gasteiger partial charge in [0.1, 0.15) is 0 Å². The molecule has 0 fully saturated rings. The first kappa shape index (κ1) is 22.8. The quantitative estimate of drug-likeness (QED) is 0.471. The van der Waals surface area contributed by atoms with E-state index in [1.165, 1.54) is 0 Å². The van der Waals surface area contributed by atoms with E-state index in [9.17, 15) is 9.59 Å². The minimum Gasteiger partial charge on any atom is -0.481 e. The molecule has 2 N–H and O–H groups in total. The fourth-order valence-corrected chi connectivity index (χ4v) is 3.70. The van der Waals surface area contributed by atoms with Crippen molar-refractivity contribution in [2.45, 2.75) is 55.7 Å². The molecule has 0 saturated heterocycles. The minimum absolute atomic E-state index is 0.0277. The molecule has 0 spiro atoms. The van der Waals surface area contributed by atoms with E-state index in [0.29, 0.717) is 13.1 Å². The van der Waals surface area contributed by atoms with Gasteiger partial charge in [0.2, 0.25) is 0 Å². The third kappa shape index (κ3) is 7.81. The fraction of sp³-hybridized carbons (Fsp3) is 0.391. The summed E-state index contributed by atoms with van der Waals surface area (Å²) in [6, 6.07) is 15.5. The van der Waals surface area contributed by atoms with Crippen molar-refractivity contribution in [1.82, 2.24) is 5.32 Å². The number of aliphatic carboxylic acids is 1. The van der Waals surface area contributed by atoms with Crippen LogP contribution in [0.4, 0.5) is 10.5 Å². The Labute approximate surface area is 177 Å². The molecule has 0 aliphatic rings. The van der Waals surface area contributed by atoms with Crippen LogP contribution in [0.1, 0.15) is 45.1 Å². The number of nitrogens with one attached hydrogen (secondary N) is 1. The molecule has 2 aromatic carbocycles. The second kappa shape index (κ2) is 12.2. The standard InChI is InChI=1S/C23H30N2O3S/c1-3-5-14-24-23(28)25(15-6-4-2)19-8-7-9-21(17-19)29-20-12-10-18(11-13-20)16-22(26)27/h7-13,17H,3-6,14-16H2,1-2H3,(H,24,28)(H,26,27). The summed E-state index contributed by atoms with van der Waals surface area (Å²) in [5.41, 5.74) is 1.67. The first-order valence-electron chi connectivity index (χ1n) is 10.2. The molecule has 29 heavy (non-hydrogen) atoms. The van der Waals surface area contributed by atoms with Gasteiger partial charge in [-0.15, -0.1) is 0 Å². The lowest BCUT2D eigenvalue weighted by Gasteiger charge is -2.23. The van der Waals surface area contributed by atoms with Crippen LogP contribution in [0.2, 0.25) is 0 Å². The summed E-state index contributed by atoms with van der Waals surface area (Å²) >= 11 is 1.60.